The lowest BCUT2D eigenvalue weighted by Crippen LogP contribution is -2.54. The highest BCUT2D eigenvalue weighted by atomic mass is 19.3. The van der Waals surface area contributed by atoms with Gasteiger partial charge in [-0.2, -0.15) is 13.8 Å². The van der Waals surface area contributed by atoms with Crippen molar-refractivity contribution in [2.24, 2.45) is 0 Å². The summed E-state index contributed by atoms with van der Waals surface area (Å²) in [6.45, 7) is -3.07. The molecule has 2 N–H and O–H groups in total. The van der Waals surface area contributed by atoms with E-state index in [1.807, 2.05) is 0 Å². The predicted octanol–water partition coefficient (Wildman–Crippen LogP) is -0.140. The predicted molar refractivity (Wildman–Crippen MR) is 66.6 cm³/mol. The molecule has 0 saturated carbocycles. The zero-order valence-electron chi connectivity index (χ0n) is 11.1. The molecule has 0 bridgehead atoms. The number of morpholine rings is 1. The van der Waals surface area contributed by atoms with Gasteiger partial charge in [-0.3, -0.25) is 9.69 Å². The van der Waals surface area contributed by atoms with Gasteiger partial charge >= 0.3 is 12.6 Å². The van der Waals surface area contributed by atoms with Gasteiger partial charge in [0.1, 0.15) is 5.82 Å². The highest BCUT2D eigenvalue weighted by Crippen LogP contribution is 2.21. The fraction of sp³-hybridized carbons (Fsp3) is 0.417. The number of nitrogens with zero attached hydrogens (tertiary/aromatic N) is 2. The first-order valence-corrected chi connectivity index (χ1v) is 6.16. The number of hydrogen-bond donors (Lipinski definition) is 2. The number of carbonyl (C=O) groups is 2. The van der Waals surface area contributed by atoms with Gasteiger partial charge in [-0.1, -0.05) is 6.07 Å². The molecule has 1 aromatic rings. The fourth-order valence-electron chi connectivity index (χ4n) is 1.90. The number of pyridine rings is 1. The van der Waals surface area contributed by atoms with Crippen molar-refractivity contribution >= 4 is 17.7 Å². The van der Waals surface area contributed by atoms with Gasteiger partial charge in [-0.15, -0.1) is 0 Å². The molecule has 0 spiro atoms. The van der Waals surface area contributed by atoms with E-state index in [-0.39, 0.29) is 24.8 Å². The van der Waals surface area contributed by atoms with E-state index in [9.17, 15) is 23.5 Å². The third-order valence-electron chi connectivity index (χ3n) is 2.86. The Kier molecular flexibility index (Phi) is 4.83. The van der Waals surface area contributed by atoms with E-state index in [1.165, 1.54) is 18.2 Å². The molecule has 1 aliphatic rings. The van der Waals surface area contributed by atoms with Gasteiger partial charge < -0.3 is 19.7 Å². The minimum absolute atomic E-state index is 0.00552. The van der Waals surface area contributed by atoms with Gasteiger partial charge in [0.25, 0.3) is 5.91 Å². The van der Waals surface area contributed by atoms with Crippen molar-refractivity contribution in [1.82, 2.24) is 4.98 Å². The van der Waals surface area contributed by atoms with Crippen LogP contribution in [-0.2, 0) is 14.3 Å². The summed E-state index contributed by atoms with van der Waals surface area (Å²) in [5.74, 6) is -2.83. The van der Waals surface area contributed by atoms with Crippen LogP contribution in [0.4, 0.5) is 14.6 Å². The summed E-state index contributed by atoms with van der Waals surface area (Å²) < 4.78 is 33.4. The number of carboxylic acid groups (broad SMARTS) is 1. The van der Waals surface area contributed by atoms with E-state index < -0.39 is 30.7 Å². The quantitative estimate of drug-likeness (QED) is 0.777. The molecule has 1 aliphatic heterocycles. The van der Waals surface area contributed by atoms with Crippen LogP contribution in [0.15, 0.2) is 18.2 Å². The first-order valence-electron chi connectivity index (χ1n) is 6.16. The van der Waals surface area contributed by atoms with Crippen molar-refractivity contribution in [3.8, 4) is 5.88 Å². The number of carbonyl (C=O) groups excluding carboxylic acids is 1. The summed E-state index contributed by atoms with van der Waals surface area (Å²) in [4.78, 5) is 27.7. The Labute approximate surface area is 122 Å². The molecule has 1 amide bonds. The summed E-state index contributed by atoms with van der Waals surface area (Å²) in [6, 6.07) is 3.90. The average Bonchev–Trinajstić information content (AvgIpc) is 2.46. The normalized spacial score (nSPS) is 20.1. The van der Waals surface area contributed by atoms with E-state index in [0.717, 1.165) is 4.90 Å². The number of aliphatic hydroxyl groups is 1. The van der Waals surface area contributed by atoms with Crippen LogP contribution in [0, 0.1) is 0 Å². The second kappa shape index (κ2) is 6.62. The van der Waals surface area contributed by atoms with E-state index in [2.05, 4.69) is 9.72 Å². The monoisotopic (exact) mass is 318 g/mol. The van der Waals surface area contributed by atoms with Crippen LogP contribution in [-0.4, -0.2) is 59.0 Å². The van der Waals surface area contributed by atoms with Gasteiger partial charge in [0.2, 0.25) is 5.88 Å². The fourth-order valence-corrected chi connectivity index (χ4v) is 1.90. The summed E-state index contributed by atoms with van der Waals surface area (Å²) in [6.07, 6.45) is -3.62. The van der Waals surface area contributed by atoms with Crippen molar-refractivity contribution in [3.05, 3.63) is 18.2 Å². The topological polar surface area (TPSA) is 109 Å². The van der Waals surface area contributed by atoms with Gasteiger partial charge in [-0.25, -0.2) is 4.79 Å². The van der Waals surface area contributed by atoms with Crippen molar-refractivity contribution in [3.63, 3.8) is 0 Å². The van der Waals surface area contributed by atoms with Gasteiger partial charge in [0.15, 0.2) is 12.2 Å². The van der Waals surface area contributed by atoms with Crippen LogP contribution < -0.4 is 9.64 Å². The first-order chi connectivity index (χ1) is 10.4. The molecule has 2 unspecified atom stereocenters. The molecule has 1 aromatic heterocycles. The lowest BCUT2D eigenvalue weighted by atomic mass is 10.1. The van der Waals surface area contributed by atoms with Crippen molar-refractivity contribution in [2.75, 3.05) is 18.1 Å². The number of ether oxygens (including phenoxy) is 2. The largest absolute Gasteiger partial charge is 0.479 e. The lowest BCUT2D eigenvalue weighted by Gasteiger charge is -2.32. The summed E-state index contributed by atoms with van der Waals surface area (Å²) >= 11 is 0. The summed E-state index contributed by atoms with van der Waals surface area (Å²) in [5.41, 5.74) is 0. The summed E-state index contributed by atoms with van der Waals surface area (Å²) in [5, 5.41) is 18.2. The minimum atomic E-state index is -3.07. The molecule has 10 heteroatoms. The average molecular weight is 318 g/mol. The van der Waals surface area contributed by atoms with Crippen LogP contribution in [0.5, 0.6) is 5.88 Å². The van der Waals surface area contributed by atoms with Gasteiger partial charge in [0, 0.05) is 6.07 Å². The maximum absolute atomic E-state index is 12.2. The Morgan fingerprint density at radius 2 is 2.23 bits per heavy atom. The van der Waals surface area contributed by atoms with E-state index in [1.54, 1.807) is 0 Å². The number of aromatic nitrogens is 1. The number of anilines is 1. The SMILES string of the molecule is O=C(O)C(O)C1OCCN(c2cccc(OC(F)F)n2)C1=O. The number of aliphatic carboxylic acids is 1. The Morgan fingerprint density at radius 1 is 1.50 bits per heavy atom. The number of halogens is 2. The van der Waals surface area contributed by atoms with Crippen LogP contribution in [0.1, 0.15) is 0 Å². The van der Waals surface area contributed by atoms with Gasteiger partial charge in [-0.05, 0) is 6.07 Å². The van der Waals surface area contributed by atoms with Crippen LogP contribution in [0.3, 0.4) is 0 Å². The molecule has 0 radical (unpaired) electrons. The molecule has 1 saturated heterocycles. The van der Waals surface area contributed by atoms with Gasteiger partial charge in [0.05, 0.1) is 13.2 Å². The molecule has 22 heavy (non-hydrogen) atoms. The molecule has 2 atom stereocenters. The van der Waals surface area contributed by atoms with E-state index >= 15 is 0 Å². The van der Waals surface area contributed by atoms with Crippen LogP contribution in [0.25, 0.3) is 0 Å². The molecule has 120 valence electrons. The smallest absolute Gasteiger partial charge is 0.388 e. The van der Waals surface area contributed by atoms with Crippen molar-refractivity contribution < 1.29 is 38.1 Å². The highest BCUT2D eigenvalue weighted by Gasteiger charge is 2.39. The Bertz CT molecular complexity index is 570. The van der Waals surface area contributed by atoms with Crippen LogP contribution in [0.2, 0.25) is 0 Å². The number of rotatable bonds is 5. The number of aliphatic hydroxyl groups excluding tert-OH is 1. The molecule has 8 nitrogen and oxygen atoms in total. The number of alkyl halides is 2. The van der Waals surface area contributed by atoms with E-state index in [4.69, 9.17) is 9.84 Å². The minimum Gasteiger partial charge on any atom is -0.479 e. The number of amides is 1. The Morgan fingerprint density at radius 3 is 2.86 bits per heavy atom. The first kappa shape index (κ1) is 16.0. The standard InChI is InChI=1S/C12H12F2N2O6/c13-12(14)22-7-3-1-2-6(15-7)16-4-5-21-9(10(16)18)8(17)11(19)20/h1-3,8-9,12,17H,4-5H2,(H,19,20). The molecular formula is C12H12F2N2O6. The molecule has 2 rings (SSSR count). The summed E-state index contributed by atoms with van der Waals surface area (Å²) in [7, 11) is 0. The maximum Gasteiger partial charge on any atom is 0.388 e. The molecule has 0 aromatic carbocycles. The maximum atomic E-state index is 12.2. The Hall–Kier alpha value is -2.33. The number of hydrogen-bond acceptors (Lipinski definition) is 6. The van der Waals surface area contributed by atoms with Crippen LogP contribution >= 0.6 is 0 Å². The van der Waals surface area contributed by atoms with Crippen molar-refractivity contribution in [1.29, 1.82) is 0 Å². The molecular weight excluding hydrogens is 306 g/mol. The second-order valence-electron chi connectivity index (χ2n) is 4.28. The van der Waals surface area contributed by atoms with Crippen molar-refractivity contribution in [2.45, 2.75) is 18.8 Å². The molecule has 0 aliphatic carbocycles. The second-order valence-corrected chi connectivity index (χ2v) is 4.28. The highest BCUT2D eigenvalue weighted by molar-refractivity contribution is 5.99. The number of carboxylic acids is 1. The zero-order chi connectivity index (χ0) is 16.3. The Balaban J connectivity index is 2.21. The third-order valence-corrected chi connectivity index (χ3v) is 2.86. The molecule has 1 fully saturated rings. The molecule has 2 heterocycles. The zero-order valence-corrected chi connectivity index (χ0v) is 11.1. The third kappa shape index (κ3) is 3.46. The lowest BCUT2D eigenvalue weighted by molar-refractivity contribution is -0.163. The van der Waals surface area contributed by atoms with E-state index in [0.29, 0.717) is 0 Å².